The topological polar surface area (TPSA) is 35.2 Å². The van der Waals surface area contributed by atoms with E-state index in [1.807, 2.05) is 6.07 Å². The molecule has 0 aromatic heterocycles. The summed E-state index contributed by atoms with van der Waals surface area (Å²) in [5.41, 5.74) is 6.64. The Kier molecular flexibility index (Phi) is 4.67. The van der Waals surface area contributed by atoms with Crippen molar-refractivity contribution in [2.45, 2.75) is 16.8 Å². The number of thioether (sulfide) groups is 1. The number of hydrogen-bond donors (Lipinski definition) is 1. The largest absolute Gasteiger partial charge is 0.497 e. The van der Waals surface area contributed by atoms with Crippen molar-refractivity contribution in [1.29, 1.82) is 0 Å². The number of methoxy groups -OCH3 is 1. The maximum Gasteiger partial charge on any atom is 0.416 e. The van der Waals surface area contributed by atoms with E-state index in [0.717, 1.165) is 22.6 Å². The van der Waals surface area contributed by atoms with Crippen LogP contribution in [0.1, 0.15) is 11.1 Å². The van der Waals surface area contributed by atoms with Crippen molar-refractivity contribution in [3.63, 3.8) is 0 Å². The van der Waals surface area contributed by atoms with Crippen LogP contribution in [0.2, 0.25) is 0 Å². The first-order valence-corrected chi connectivity index (χ1v) is 7.11. The molecule has 0 amide bonds. The van der Waals surface area contributed by atoms with Gasteiger partial charge in [0.05, 0.1) is 12.7 Å². The minimum atomic E-state index is -4.30. The maximum atomic E-state index is 12.5. The van der Waals surface area contributed by atoms with Gasteiger partial charge in [-0.3, -0.25) is 0 Å². The first-order chi connectivity index (χ1) is 9.90. The van der Waals surface area contributed by atoms with E-state index in [2.05, 4.69) is 0 Å². The van der Waals surface area contributed by atoms with Crippen molar-refractivity contribution in [3.8, 4) is 5.75 Å². The van der Waals surface area contributed by atoms with Gasteiger partial charge in [0.2, 0.25) is 0 Å². The maximum absolute atomic E-state index is 12.5. The lowest BCUT2D eigenvalue weighted by Gasteiger charge is -2.09. The van der Waals surface area contributed by atoms with Gasteiger partial charge in [0, 0.05) is 16.3 Å². The second kappa shape index (κ2) is 6.30. The van der Waals surface area contributed by atoms with Crippen LogP contribution in [0.4, 0.5) is 18.9 Å². The third kappa shape index (κ3) is 4.07. The molecule has 0 saturated heterocycles. The van der Waals surface area contributed by atoms with Gasteiger partial charge in [-0.1, -0.05) is 12.1 Å². The number of benzene rings is 2. The first-order valence-electron chi connectivity index (χ1n) is 6.12. The fraction of sp³-hybridized carbons (Fsp3) is 0.200. The summed E-state index contributed by atoms with van der Waals surface area (Å²) in [5.74, 6) is 1.23. The summed E-state index contributed by atoms with van der Waals surface area (Å²) in [7, 11) is 1.57. The SMILES string of the molecule is COc1ccc(N)c(SCc2ccc(C(F)(F)F)cc2)c1. The number of hydrogen-bond acceptors (Lipinski definition) is 3. The molecule has 0 heterocycles. The molecule has 0 spiro atoms. The van der Waals surface area contributed by atoms with Crippen LogP contribution in [-0.2, 0) is 11.9 Å². The van der Waals surface area contributed by atoms with Gasteiger partial charge < -0.3 is 10.5 Å². The molecular formula is C15H14F3NOS. The van der Waals surface area contributed by atoms with E-state index in [4.69, 9.17) is 10.5 Å². The molecule has 0 bridgehead atoms. The van der Waals surface area contributed by atoms with Gasteiger partial charge >= 0.3 is 6.18 Å². The molecule has 0 fully saturated rings. The molecule has 112 valence electrons. The highest BCUT2D eigenvalue weighted by Gasteiger charge is 2.29. The van der Waals surface area contributed by atoms with E-state index in [1.165, 1.54) is 23.9 Å². The molecule has 0 aliphatic rings. The Hall–Kier alpha value is -1.82. The molecule has 0 unspecified atom stereocenters. The van der Waals surface area contributed by atoms with Gasteiger partial charge in [-0.25, -0.2) is 0 Å². The monoisotopic (exact) mass is 313 g/mol. The highest BCUT2D eigenvalue weighted by Crippen LogP contribution is 2.33. The van der Waals surface area contributed by atoms with E-state index >= 15 is 0 Å². The fourth-order valence-corrected chi connectivity index (χ4v) is 2.67. The molecule has 21 heavy (non-hydrogen) atoms. The molecule has 2 aromatic carbocycles. The Morgan fingerprint density at radius 2 is 1.76 bits per heavy atom. The minimum Gasteiger partial charge on any atom is -0.497 e. The second-order valence-corrected chi connectivity index (χ2v) is 5.40. The van der Waals surface area contributed by atoms with Crippen LogP contribution in [0.3, 0.4) is 0 Å². The van der Waals surface area contributed by atoms with Crippen LogP contribution in [0.15, 0.2) is 47.4 Å². The zero-order valence-corrected chi connectivity index (χ0v) is 12.1. The quantitative estimate of drug-likeness (QED) is 0.662. The third-order valence-electron chi connectivity index (χ3n) is 2.90. The molecule has 0 radical (unpaired) electrons. The number of alkyl halides is 3. The van der Waals surface area contributed by atoms with Gasteiger partial charge in [-0.15, -0.1) is 11.8 Å². The minimum absolute atomic E-state index is 0.537. The van der Waals surface area contributed by atoms with Crippen molar-refractivity contribution in [2.24, 2.45) is 0 Å². The smallest absolute Gasteiger partial charge is 0.416 e. The van der Waals surface area contributed by atoms with Crippen LogP contribution in [-0.4, -0.2) is 7.11 Å². The lowest BCUT2D eigenvalue weighted by atomic mass is 10.1. The van der Waals surface area contributed by atoms with Crippen molar-refractivity contribution < 1.29 is 17.9 Å². The zero-order valence-electron chi connectivity index (χ0n) is 11.3. The van der Waals surface area contributed by atoms with Crippen molar-refractivity contribution in [1.82, 2.24) is 0 Å². The number of anilines is 1. The number of rotatable bonds is 4. The number of halogens is 3. The first kappa shape index (κ1) is 15.6. The van der Waals surface area contributed by atoms with Crippen LogP contribution in [0, 0.1) is 0 Å². The van der Waals surface area contributed by atoms with E-state index in [9.17, 15) is 13.2 Å². The van der Waals surface area contributed by atoms with Gasteiger partial charge in [0.1, 0.15) is 5.75 Å². The average Bonchev–Trinajstić information content (AvgIpc) is 2.46. The Morgan fingerprint density at radius 1 is 1.10 bits per heavy atom. The number of nitrogen functional groups attached to an aromatic ring is 1. The van der Waals surface area contributed by atoms with E-state index in [-0.39, 0.29) is 0 Å². The summed E-state index contributed by atoms with van der Waals surface area (Å²) >= 11 is 1.46. The summed E-state index contributed by atoms with van der Waals surface area (Å²) in [6.45, 7) is 0. The second-order valence-electron chi connectivity index (χ2n) is 4.39. The van der Waals surface area contributed by atoms with Crippen molar-refractivity contribution in [3.05, 3.63) is 53.6 Å². The normalized spacial score (nSPS) is 11.4. The predicted molar refractivity (Wildman–Crippen MR) is 78.4 cm³/mol. The Labute approximate surface area is 125 Å². The Balaban J connectivity index is 2.06. The highest BCUT2D eigenvalue weighted by atomic mass is 32.2. The Bertz CT molecular complexity index is 611. The van der Waals surface area contributed by atoms with Crippen LogP contribution in [0.25, 0.3) is 0 Å². The van der Waals surface area contributed by atoms with Gasteiger partial charge in [0.25, 0.3) is 0 Å². The highest BCUT2D eigenvalue weighted by molar-refractivity contribution is 7.98. The molecule has 2 rings (SSSR count). The van der Waals surface area contributed by atoms with Crippen molar-refractivity contribution in [2.75, 3.05) is 12.8 Å². The van der Waals surface area contributed by atoms with Crippen LogP contribution < -0.4 is 10.5 Å². The standard InChI is InChI=1S/C15H14F3NOS/c1-20-12-6-7-13(19)14(8-12)21-9-10-2-4-11(5-3-10)15(16,17)18/h2-8H,9,19H2,1H3. The van der Waals surface area contributed by atoms with Crippen LogP contribution in [0.5, 0.6) is 5.75 Å². The fourth-order valence-electron chi connectivity index (χ4n) is 1.72. The van der Waals surface area contributed by atoms with Gasteiger partial charge in [-0.2, -0.15) is 13.2 Å². The number of ether oxygens (including phenoxy) is 1. The van der Waals surface area contributed by atoms with E-state index in [1.54, 1.807) is 19.2 Å². The predicted octanol–water partition coefficient (Wildman–Crippen LogP) is 4.59. The molecule has 0 saturated carbocycles. The average molecular weight is 313 g/mol. The summed E-state index contributed by atoms with van der Waals surface area (Å²) in [5, 5.41) is 0. The van der Waals surface area contributed by atoms with Crippen molar-refractivity contribution >= 4 is 17.4 Å². The molecule has 2 aromatic rings. The third-order valence-corrected chi connectivity index (χ3v) is 4.04. The molecule has 6 heteroatoms. The van der Waals surface area contributed by atoms with Crippen LogP contribution >= 0.6 is 11.8 Å². The zero-order chi connectivity index (χ0) is 15.5. The summed E-state index contributed by atoms with van der Waals surface area (Å²) in [4.78, 5) is 0.842. The molecule has 0 aliphatic heterocycles. The van der Waals surface area contributed by atoms with Gasteiger partial charge in [0.15, 0.2) is 0 Å². The molecule has 0 atom stereocenters. The molecular weight excluding hydrogens is 299 g/mol. The lowest BCUT2D eigenvalue weighted by Crippen LogP contribution is -2.04. The molecule has 2 nitrogen and oxygen atoms in total. The van der Waals surface area contributed by atoms with E-state index < -0.39 is 11.7 Å². The summed E-state index contributed by atoms with van der Waals surface area (Å²) < 4.78 is 42.5. The molecule has 0 aliphatic carbocycles. The summed E-state index contributed by atoms with van der Waals surface area (Å²) in [6.07, 6.45) is -4.30. The van der Waals surface area contributed by atoms with E-state index in [0.29, 0.717) is 17.2 Å². The summed E-state index contributed by atoms with van der Waals surface area (Å²) in [6, 6.07) is 10.4. The van der Waals surface area contributed by atoms with Gasteiger partial charge in [-0.05, 0) is 35.9 Å². The Morgan fingerprint density at radius 3 is 2.33 bits per heavy atom. The molecule has 2 N–H and O–H groups in total. The lowest BCUT2D eigenvalue weighted by molar-refractivity contribution is -0.137. The number of nitrogens with two attached hydrogens (primary N) is 1.